The van der Waals surface area contributed by atoms with Gasteiger partial charge in [0.1, 0.15) is 0 Å². The van der Waals surface area contributed by atoms with Crippen LogP contribution >= 0.6 is 0 Å². The lowest BCUT2D eigenvalue weighted by Crippen LogP contribution is -2.16. The molecule has 4 N–H and O–H groups in total. The molecule has 0 atom stereocenters. The first kappa shape index (κ1) is 15.1. The molecule has 26 heavy (non-hydrogen) atoms. The fourth-order valence-electron chi connectivity index (χ4n) is 3.69. The van der Waals surface area contributed by atoms with Gasteiger partial charge >= 0.3 is 0 Å². The van der Waals surface area contributed by atoms with Crippen molar-refractivity contribution in [2.75, 3.05) is 0 Å². The fourth-order valence-corrected chi connectivity index (χ4v) is 3.69. The van der Waals surface area contributed by atoms with E-state index in [2.05, 4.69) is 95.2 Å². The molecular formula is C22H22N4. The van der Waals surface area contributed by atoms with Crippen LogP contribution < -0.4 is 21.3 Å². The number of aromatic nitrogens is 2. The molecule has 5 heterocycles. The number of hydrogen-bond donors (Lipinski definition) is 4. The molecule has 0 radical (unpaired) electrons. The summed E-state index contributed by atoms with van der Waals surface area (Å²) < 4.78 is 0. The zero-order valence-electron chi connectivity index (χ0n) is 15.0. The monoisotopic (exact) mass is 342 g/mol. The number of allylic oxidation sites excluding steroid dienone is 4. The number of rotatable bonds is 0. The van der Waals surface area contributed by atoms with E-state index in [1.807, 2.05) is 0 Å². The maximum absolute atomic E-state index is 3.57. The minimum absolute atomic E-state index is 0.0312. The van der Waals surface area contributed by atoms with Gasteiger partial charge < -0.3 is 20.6 Å². The third-order valence-corrected chi connectivity index (χ3v) is 5.05. The topological polar surface area (TPSA) is 55.6 Å². The third kappa shape index (κ3) is 2.73. The van der Waals surface area contributed by atoms with Crippen LogP contribution in [0, 0.1) is 5.41 Å². The van der Waals surface area contributed by atoms with Crippen molar-refractivity contribution < 1.29 is 0 Å². The summed E-state index contributed by atoms with van der Waals surface area (Å²) in [5.41, 5.74) is 6.83. The van der Waals surface area contributed by atoms with E-state index in [0.29, 0.717) is 0 Å². The highest BCUT2D eigenvalue weighted by molar-refractivity contribution is 5.63. The predicted molar refractivity (Wildman–Crippen MR) is 107 cm³/mol. The Bertz CT molecular complexity index is 1130. The Morgan fingerprint density at radius 3 is 2.31 bits per heavy atom. The van der Waals surface area contributed by atoms with E-state index in [0.717, 1.165) is 39.9 Å². The average Bonchev–Trinajstić information content (AvgIpc) is 3.32. The van der Waals surface area contributed by atoms with E-state index in [4.69, 9.17) is 0 Å². The van der Waals surface area contributed by atoms with E-state index >= 15 is 0 Å². The largest absolute Gasteiger partial charge is 0.359 e. The van der Waals surface area contributed by atoms with Crippen LogP contribution in [0.4, 0.5) is 0 Å². The Balaban J connectivity index is 1.67. The van der Waals surface area contributed by atoms with Crippen LogP contribution in [-0.2, 0) is 0 Å². The highest BCUT2D eigenvalue weighted by Gasteiger charge is 2.27. The van der Waals surface area contributed by atoms with Crippen molar-refractivity contribution in [3.63, 3.8) is 0 Å². The summed E-state index contributed by atoms with van der Waals surface area (Å²) in [6.45, 7) is 4.46. The quantitative estimate of drug-likeness (QED) is 0.595. The molecule has 8 bridgehead atoms. The second-order valence-corrected chi connectivity index (χ2v) is 7.69. The Morgan fingerprint density at radius 2 is 1.50 bits per heavy atom. The maximum atomic E-state index is 3.57. The summed E-state index contributed by atoms with van der Waals surface area (Å²) in [7, 11) is 0. The number of nitrogens with one attached hydrogen (secondary N) is 4. The maximum Gasteiger partial charge on any atom is 0.0405 e. The van der Waals surface area contributed by atoms with Gasteiger partial charge in [-0.25, -0.2) is 0 Å². The lowest BCUT2D eigenvalue weighted by molar-refractivity contribution is 0.584. The van der Waals surface area contributed by atoms with Crippen molar-refractivity contribution in [2.24, 2.45) is 5.41 Å². The first-order valence-electron chi connectivity index (χ1n) is 9.01. The third-order valence-electron chi connectivity index (χ3n) is 5.05. The van der Waals surface area contributed by atoms with Gasteiger partial charge in [-0.15, -0.1) is 0 Å². The molecule has 0 fully saturated rings. The van der Waals surface area contributed by atoms with Crippen molar-refractivity contribution in [2.45, 2.75) is 20.3 Å². The molecule has 4 heteroatoms. The second kappa shape index (κ2) is 5.43. The molecule has 0 saturated carbocycles. The molecule has 2 aromatic rings. The van der Waals surface area contributed by atoms with E-state index < -0.39 is 0 Å². The second-order valence-electron chi connectivity index (χ2n) is 7.69. The highest BCUT2D eigenvalue weighted by Crippen LogP contribution is 2.34. The van der Waals surface area contributed by atoms with Gasteiger partial charge in [-0.2, -0.15) is 0 Å². The predicted octanol–water partition coefficient (Wildman–Crippen LogP) is 2.69. The SMILES string of the molecule is CC1(C)C=C2C=c3ccc([nH]3)=CC3=CCC(=Cc4ccc([nH]4)C=C1N2)N3. The number of aromatic amines is 2. The smallest absolute Gasteiger partial charge is 0.0405 e. The van der Waals surface area contributed by atoms with Gasteiger partial charge in [-0.3, -0.25) is 0 Å². The van der Waals surface area contributed by atoms with Gasteiger partial charge in [0.05, 0.1) is 0 Å². The van der Waals surface area contributed by atoms with Crippen LogP contribution in [0.5, 0.6) is 0 Å². The molecule has 0 amide bonds. The lowest BCUT2D eigenvalue weighted by atomic mass is 9.90. The Kier molecular flexibility index (Phi) is 3.16. The average molecular weight is 342 g/mol. The minimum atomic E-state index is -0.0312. The first-order valence-corrected chi connectivity index (χ1v) is 9.01. The highest BCUT2D eigenvalue weighted by atomic mass is 15.0. The van der Waals surface area contributed by atoms with E-state index in [-0.39, 0.29) is 5.41 Å². The molecule has 0 aliphatic carbocycles. The molecule has 0 saturated heterocycles. The van der Waals surface area contributed by atoms with Crippen molar-refractivity contribution in [3.05, 3.63) is 81.3 Å². The van der Waals surface area contributed by atoms with Gasteiger partial charge in [0.2, 0.25) is 0 Å². The van der Waals surface area contributed by atoms with Gasteiger partial charge in [0, 0.05) is 56.7 Å². The molecule has 3 aliphatic rings. The molecule has 0 unspecified atom stereocenters. The minimum Gasteiger partial charge on any atom is -0.359 e. The van der Waals surface area contributed by atoms with Gasteiger partial charge in [0.15, 0.2) is 0 Å². The number of H-pyrrole nitrogens is 2. The molecule has 0 aromatic carbocycles. The zero-order valence-corrected chi connectivity index (χ0v) is 15.0. The van der Waals surface area contributed by atoms with Crippen LogP contribution in [0.3, 0.4) is 0 Å². The van der Waals surface area contributed by atoms with Gasteiger partial charge in [0.25, 0.3) is 0 Å². The molecular weight excluding hydrogens is 320 g/mol. The molecule has 3 aliphatic heterocycles. The van der Waals surface area contributed by atoms with Crippen LogP contribution in [0.1, 0.15) is 31.7 Å². The summed E-state index contributed by atoms with van der Waals surface area (Å²) in [6, 6.07) is 8.48. The summed E-state index contributed by atoms with van der Waals surface area (Å²) in [6.07, 6.45) is 14.1. The van der Waals surface area contributed by atoms with Crippen molar-refractivity contribution in [1.29, 1.82) is 0 Å². The molecule has 5 rings (SSSR count). The van der Waals surface area contributed by atoms with Crippen LogP contribution in [0.15, 0.2) is 59.2 Å². The van der Waals surface area contributed by atoms with Crippen LogP contribution in [0.25, 0.3) is 24.3 Å². The van der Waals surface area contributed by atoms with E-state index in [1.54, 1.807) is 0 Å². The molecule has 130 valence electrons. The summed E-state index contributed by atoms with van der Waals surface area (Å²) in [5, 5.41) is 9.25. The number of hydrogen-bond acceptors (Lipinski definition) is 2. The summed E-state index contributed by atoms with van der Waals surface area (Å²) in [4.78, 5) is 6.96. The van der Waals surface area contributed by atoms with E-state index in [1.165, 1.54) is 11.4 Å². The van der Waals surface area contributed by atoms with Gasteiger partial charge in [-0.05, 0) is 54.6 Å². The lowest BCUT2D eigenvalue weighted by Gasteiger charge is -2.17. The number of fused-ring (bicyclic) bond motifs is 8. The molecule has 2 aromatic heterocycles. The van der Waals surface area contributed by atoms with Crippen LogP contribution in [-0.4, -0.2) is 9.97 Å². The van der Waals surface area contributed by atoms with Crippen molar-refractivity contribution >= 4 is 24.3 Å². The van der Waals surface area contributed by atoms with E-state index in [9.17, 15) is 0 Å². The Morgan fingerprint density at radius 1 is 0.769 bits per heavy atom. The van der Waals surface area contributed by atoms with Crippen molar-refractivity contribution in [3.8, 4) is 0 Å². The first-order chi connectivity index (χ1) is 12.5. The zero-order chi connectivity index (χ0) is 17.7. The standard InChI is InChI=1S/C22H22N4/c1-22(2)13-20-11-18-6-5-16(24-18)9-14-3-4-15(23-14)10-17-7-8-19(25-17)12-21(22)26-20/h3,5-13,23-26H,4H2,1-2H3. The summed E-state index contributed by atoms with van der Waals surface area (Å²) in [5.74, 6) is 0. The Hall–Kier alpha value is -3.14. The van der Waals surface area contributed by atoms with Crippen molar-refractivity contribution in [1.82, 2.24) is 20.6 Å². The molecule has 4 nitrogen and oxygen atoms in total. The Labute approximate surface area is 152 Å². The molecule has 0 spiro atoms. The normalized spacial score (nSPS) is 19.9. The van der Waals surface area contributed by atoms with Crippen LogP contribution in [0.2, 0.25) is 0 Å². The fraction of sp³-hybridized carbons (Fsp3) is 0.182. The summed E-state index contributed by atoms with van der Waals surface area (Å²) >= 11 is 0. The van der Waals surface area contributed by atoms with Gasteiger partial charge in [-0.1, -0.05) is 19.9 Å².